The number of quaternary nitrogens is 1. The van der Waals surface area contributed by atoms with Gasteiger partial charge in [0.25, 0.3) is 5.91 Å². The first kappa shape index (κ1) is 20.8. The minimum Gasteiger partial charge on any atom is -0.466 e. The fourth-order valence-electron chi connectivity index (χ4n) is 3.02. The Morgan fingerprint density at radius 1 is 1.22 bits per heavy atom. The molecule has 2 atom stereocenters. The predicted molar refractivity (Wildman–Crippen MR) is 92.9 cm³/mol. The lowest BCUT2D eigenvalue weighted by Gasteiger charge is -2.28. The van der Waals surface area contributed by atoms with Crippen LogP contribution in [0.3, 0.4) is 0 Å². The molecule has 1 aromatic rings. The number of esters is 1. The van der Waals surface area contributed by atoms with Crippen LogP contribution in [0.25, 0.3) is 0 Å². The van der Waals surface area contributed by atoms with Crippen molar-refractivity contribution in [3.8, 4) is 0 Å². The molecular formula is C18H24F2N3O4+. The molecule has 0 spiro atoms. The number of carbonyl (C=O) groups excluding carboxylic acids is 3. The van der Waals surface area contributed by atoms with Crippen LogP contribution in [-0.4, -0.2) is 50.6 Å². The largest absolute Gasteiger partial charge is 0.466 e. The third-order valence-corrected chi connectivity index (χ3v) is 4.30. The second kappa shape index (κ2) is 9.96. The monoisotopic (exact) mass is 384 g/mol. The van der Waals surface area contributed by atoms with Gasteiger partial charge in [-0.15, -0.1) is 0 Å². The summed E-state index contributed by atoms with van der Waals surface area (Å²) < 4.78 is 31.0. The van der Waals surface area contributed by atoms with Crippen LogP contribution in [0.1, 0.15) is 19.8 Å². The number of nitrogens with one attached hydrogen (secondary N) is 3. The van der Waals surface area contributed by atoms with E-state index in [9.17, 15) is 23.2 Å². The molecule has 0 bridgehead atoms. The molecule has 27 heavy (non-hydrogen) atoms. The maximum atomic E-state index is 13.1. The number of hydrogen-bond donors (Lipinski definition) is 3. The number of piperidine rings is 1. The zero-order valence-electron chi connectivity index (χ0n) is 15.1. The van der Waals surface area contributed by atoms with Crippen molar-refractivity contribution in [2.24, 2.45) is 5.92 Å². The van der Waals surface area contributed by atoms with Crippen molar-refractivity contribution < 1.29 is 32.8 Å². The van der Waals surface area contributed by atoms with Gasteiger partial charge in [0.15, 0.2) is 18.2 Å². The number of likely N-dealkylation sites (tertiary alicyclic amines) is 1. The number of benzene rings is 1. The molecule has 1 saturated heterocycles. The summed E-state index contributed by atoms with van der Waals surface area (Å²) in [5, 5.41) is 4.87. The molecule has 2 rings (SSSR count). The predicted octanol–water partition coefficient (Wildman–Crippen LogP) is -0.122. The van der Waals surface area contributed by atoms with Gasteiger partial charge in [-0.05, 0) is 31.9 Å². The lowest BCUT2D eigenvalue weighted by Crippen LogP contribution is -3.14. The molecule has 7 nitrogen and oxygen atoms in total. The number of halogens is 2. The van der Waals surface area contributed by atoms with Crippen molar-refractivity contribution in [1.82, 2.24) is 5.32 Å². The van der Waals surface area contributed by atoms with Crippen LogP contribution in [0.5, 0.6) is 0 Å². The number of anilines is 1. The quantitative estimate of drug-likeness (QED) is 0.572. The number of hydrogen-bond acceptors (Lipinski definition) is 4. The molecule has 0 radical (unpaired) electrons. The topological polar surface area (TPSA) is 88.9 Å². The van der Waals surface area contributed by atoms with Crippen molar-refractivity contribution in [3.05, 3.63) is 29.8 Å². The molecule has 3 N–H and O–H groups in total. The summed E-state index contributed by atoms with van der Waals surface area (Å²) in [6.07, 6.45) is 1.57. The molecule has 148 valence electrons. The summed E-state index contributed by atoms with van der Waals surface area (Å²) in [7, 11) is 0. The Kier molecular flexibility index (Phi) is 7.66. The second-order valence-corrected chi connectivity index (χ2v) is 6.43. The van der Waals surface area contributed by atoms with Gasteiger partial charge in [-0.1, -0.05) is 0 Å². The molecule has 1 aliphatic heterocycles. The fourth-order valence-corrected chi connectivity index (χ4v) is 3.02. The molecule has 0 aliphatic carbocycles. The minimum absolute atomic E-state index is 0.104. The summed E-state index contributed by atoms with van der Waals surface area (Å²) in [5.41, 5.74) is 0.104. The van der Waals surface area contributed by atoms with Crippen molar-refractivity contribution in [2.75, 3.05) is 38.1 Å². The Bertz CT molecular complexity index is 699. The molecule has 1 aromatic carbocycles. The van der Waals surface area contributed by atoms with E-state index in [-0.39, 0.29) is 36.6 Å². The number of carbonyl (C=O) groups is 3. The molecule has 1 aliphatic rings. The maximum absolute atomic E-state index is 13.1. The number of rotatable bonds is 7. The Hall–Kier alpha value is -2.55. The van der Waals surface area contributed by atoms with Gasteiger partial charge >= 0.3 is 5.97 Å². The molecule has 0 saturated carbocycles. The summed E-state index contributed by atoms with van der Waals surface area (Å²) in [6.45, 7) is 3.24. The highest BCUT2D eigenvalue weighted by Gasteiger charge is 2.30. The molecule has 1 unspecified atom stereocenters. The van der Waals surface area contributed by atoms with E-state index in [1.54, 1.807) is 6.92 Å². The molecule has 9 heteroatoms. The zero-order valence-corrected chi connectivity index (χ0v) is 15.1. The van der Waals surface area contributed by atoms with E-state index in [4.69, 9.17) is 4.74 Å². The van der Waals surface area contributed by atoms with Gasteiger partial charge < -0.3 is 20.3 Å². The number of ether oxygens (including phenoxy) is 1. The van der Waals surface area contributed by atoms with Gasteiger partial charge in [-0.3, -0.25) is 14.4 Å². The van der Waals surface area contributed by atoms with Gasteiger partial charge in [0.2, 0.25) is 5.91 Å². The van der Waals surface area contributed by atoms with Crippen molar-refractivity contribution in [2.45, 2.75) is 19.8 Å². The Balaban J connectivity index is 1.74. The summed E-state index contributed by atoms with van der Waals surface area (Å²) in [5.74, 6) is -3.39. The van der Waals surface area contributed by atoms with Crippen LogP contribution in [0.15, 0.2) is 18.2 Å². The smallest absolute Gasteiger partial charge is 0.314 e. The lowest BCUT2D eigenvalue weighted by atomic mass is 9.98. The first-order chi connectivity index (χ1) is 12.9. The lowest BCUT2D eigenvalue weighted by molar-refractivity contribution is -0.899. The average Bonchev–Trinajstić information content (AvgIpc) is 2.63. The fraction of sp³-hybridized carbons (Fsp3) is 0.500. The molecular weight excluding hydrogens is 360 g/mol. The van der Waals surface area contributed by atoms with Crippen LogP contribution >= 0.6 is 0 Å². The molecule has 1 fully saturated rings. The van der Waals surface area contributed by atoms with Crippen molar-refractivity contribution in [1.29, 1.82) is 0 Å². The van der Waals surface area contributed by atoms with Gasteiger partial charge in [0, 0.05) is 11.8 Å². The van der Waals surface area contributed by atoms with Gasteiger partial charge in [-0.25, -0.2) is 8.78 Å². The standard InChI is InChI=1S/C18H23F2N3O4/c1-2-27-18(26)12-4-3-7-23(10-12)11-17(25)21-9-16(24)22-13-5-6-14(19)15(20)8-13/h5-6,8,12H,2-4,7,9-11H2,1H3,(H,21,25)(H,22,24)/p+1/t12-/m0/s1. The van der Waals surface area contributed by atoms with E-state index in [1.165, 1.54) is 6.07 Å². The highest BCUT2D eigenvalue weighted by molar-refractivity contribution is 5.94. The first-order valence-corrected chi connectivity index (χ1v) is 8.90. The second-order valence-electron chi connectivity index (χ2n) is 6.43. The van der Waals surface area contributed by atoms with Gasteiger partial charge in [0.1, 0.15) is 5.92 Å². The van der Waals surface area contributed by atoms with Crippen LogP contribution < -0.4 is 15.5 Å². The van der Waals surface area contributed by atoms with Crippen LogP contribution in [0.4, 0.5) is 14.5 Å². The van der Waals surface area contributed by atoms with Crippen LogP contribution in [0.2, 0.25) is 0 Å². The molecule has 1 heterocycles. The van der Waals surface area contributed by atoms with E-state index < -0.39 is 17.5 Å². The number of amides is 2. The summed E-state index contributed by atoms with van der Waals surface area (Å²) in [6, 6.07) is 3.00. The summed E-state index contributed by atoms with van der Waals surface area (Å²) >= 11 is 0. The zero-order chi connectivity index (χ0) is 19.8. The third kappa shape index (κ3) is 6.59. The van der Waals surface area contributed by atoms with Crippen LogP contribution in [-0.2, 0) is 19.1 Å². The van der Waals surface area contributed by atoms with Crippen LogP contribution in [0, 0.1) is 17.6 Å². The Morgan fingerprint density at radius 3 is 2.70 bits per heavy atom. The van der Waals surface area contributed by atoms with E-state index >= 15 is 0 Å². The average molecular weight is 384 g/mol. The van der Waals surface area contributed by atoms with E-state index in [1.807, 2.05) is 0 Å². The van der Waals surface area contributed by atoms with Crippen molar-refractivity contribution >= 4 is 23.5 Å². The van der Waals surface area contributed by atoms with Gasteiger partial charge in [0.05, 0.1) is 26.2 Å². The van der Waals surface area contributed by atoms with Crippen molar-refractivity contribution in [3.63, 3.8) is 0 Å². The molecule has 2 amide bonds. The SMILES string of the molecule is CCOC(=O)[C@H]1CCC[NH+](CC(=O)NCC(=O)Nc2ccc(F)c(F)c2)C1. The Labute approximate surface area is 156 Å². The highest BCUT2D eigenvalue weighted by Crippen LogP contribution is 2.12. The highest BCUT2D eigenvalue weighted by atomic mass is 19.2. The van der Waals surface area contributed by atoms with E-state index in [0.29, 0.717) is 13.2 Å². The first-order valence-electron chi connectivity index (χ1n) is 8.90. The maximum Gasteiger partial charge on any atom is 0.314 e. The molecule has 0 aromatic heterocycles. The summed E-state index contributed by atoms with van der Waals surface area (Å²) in [4.78, 5) is 36.6. The van der Waals surface area contributed by atoms with E-state index in [2.05, 4.69) is 10.6 Å². The Morgan fingerprint density at radius 2 is 2.00 bits per heavy atom. The minimum atomic E-state index is -1.07. The van der Waals surface area contributed by atoms with Gasteiger partial charge in [-0.2, -0.15) is 0 Å². The third-order valence-electron chi connectivity index (χ3n) is 4.30. The van der Waals surface area contributed by atoms with E-state index in [0.717, 1.165) is 36.4 Å². The normalized spacial score (nSPS) is 19.2.